The number of nitrogens with one attached hydrogen (secondary N) is 1. The van der Waals surface area contributed by atoms with Crippen LogP contribution in [-0.2, 0) is 4.79 Å². The van der Waals surface area contributed by atoms with Gasteiger partial charge < -0.3 is 5.32 Å². The van der Waals surface area contributed by atoms with Crippen LogP contribution >= 0.6 is 0 Å². The van der Waals surface area contributed by atoms with Gasteiger partial charge in [-0.25, -0.2) is 0 Å². The topological polar surface area (TPSA) is 79.4 Å². The highest BCUT2D eigenvalue weighted by molar-refractivity contribution is 6.23. The minimum Gasteiger partial charge on any atom is -0.324 e. The maximum atomic E-state index is 12.7. The summed E-state index contributed by atoms with van der Waals surface area (Å²) in [6.07, 6.45) is 1.68. The van der Waals surface area contributed by atoms with E-state index in [1.165, 1.54) is 0 Å². The third-order valence-electron chi connectivity index (χ3n) is 4.50. The van der Waals surface area contributed by atoms with Crippen molar-refractivity contribution in [2.45, 2.75) is 13.0 Å². The normalized spacial score (nSPS) is 14.4. The Hall–Kier alpha value is -3.54. The van der Waals surface area contributed by atoms with Gasteiger partial charge in [0.25, 0.3) is 11.8 Å². The van der Waals surface area contributed by atoms with E-state index < -0.39 is 23.8 Å². The fourth-order valence-electron chi connectivity index (χ4n) is 3.13. The van der Waals surface area contributed by atoms with E-state index in [1.807, 2.05) is 12.1 Å². The third kappa shape index (κ3) is 2.43. The Morgan fingerprint density at radius 2 is 1.65 bits per heavy atom. The zero-order valence-electron chi connectivity index (χ0n) is 14.0. The molecule has 6 heteroatoms. The van der Waals surface area contributed by atoms with Gasteiger partial charge in [-0.15, -0.1) is 0 Å². The Morgan fingerprint density at radius 1 is 0.962 bits per heavy atom. The summed E-state index contributed by atoms with van der Waals surface area (Å²) in [5.41, 5.74) is 1.99. The fourth-order valence-corrected chi connectivity index (χ4v) is 3.13. The van der Waals surface area contributed by atoms with E-state index >= 15 is 0 Å². The molecule has 0 bridgehead atoms. The van der Waals surface area contributed by atoms with Crippen LogP contribution in [0.2, 0.25) is 0 Å². The second-order valence-corrected chi connectivity index (χ2v) is 6.07. The molecule has 1 aromatic heterocycles. The summed E-state index contributed by atoms with van der Waals surface area (Å²) >= 11 is 0. The van der Waals surface area contributed by atoms with Crippen LogP contribution in [0.15, 0.2) is 60.8 Å². The second kappa shape index (κ2) is 6.07. The number of benzene rings is 2. The number of pyridine rings is 1. The maximum absolute atomic E-state index is 12.7. The Kier molecular flexibility index (Phi) is 3.73. The molecular formula is C20H15N3O3. The molecule has 2 heterocycles. The molecule has 0 fully saturated rings. The minimum absolute atomic E-state index is 0.325. The van der Waals surface area contributed by atoms with Crippen LogP contribution < -0.4 is 5.32 Å². The molecule has 1 atom stereocenters. The zero-order chi connectivity index (χ0) is 18.3. The van der Waals surface area contributed by atoms with Gasteiger partial charge in [-0.2, -0.15) is 0 Å². The number of fused-ring (bicyclic) bond motifs is 2. The summed E-state index contributed by atoms with van der Waals surface area (Å²) < 4.78 is 0. The van der Waals surface area contributed by atoms with Crippen molar-refractivity contribution < 1.29 is 14.4 Å². The number of rotatable bonds is 3. The monoisotopic (exact) mass is 345 g/mol. The van der Waals surface area contributed by atoms with E-state index in [0.29, 0.717) is 16.8 Å². The lowest BCUT2D eigenvalue weighted by Crippen LogP contribution is -2.45. The summed E-state index contributed by atoms with van der Waals surface area (Å²) in [7, 11) is 0. The number of nitrogens with zero attached hydrogens (tertiary/aromatic N) is 2. The summed E-state index contributed by atoms with van der Waals surface area (Å²) in [6.45, 7) is 1.54. The van der Waals surface area contributed by atoms with Crippen LogP contribution in [0.3, 0.4) is 0 Å². The lowest BCUT2D eigenvalue weighted by molar-refractivity contribution is -0.119. The third-order valence-corrected chi connectivity index (χ3v) is 4.50. The molecule has 3 aromatic rings. The predicted molar refractivity (Wildman–Crippen MR) is 96.8 cm³/mol. The van der Waals surface area contributed by atoms with Crippen molar-refractivity contribution in [3.05, 3.63) is 71.9 Å². The van der Waals surface area contributed by atoms with Crippen LogP contribution in [0.25, 0.3) is 10.9 Å². The molecule has 128 valence electrons. The quantitative estimate of drug-likeness (QED) is 0.740. The number of amides is 3. The van der Waals surface area contributed by atoms with Crippen molar-refractivity contribution in [3.8, 4) is 0 Å². The SMILES string of the molecule is C[C@@H](C(=O)Nc1cccc2ncccc12)N1C(=O)c2ccccc2C1=O. The van der Waals surface area contributed by atoms with Crippen molar-refractivity contribution in [2.24, 2.45) is 0 Å². The zero-order valence-corrected chi connectivity index (χ0v) is 14.0. The molecule has 1 aliphatic rings. The molecule has 0 aliphatic carbocycles. The molecular weight excluding hydrogens is 330 g/mol. The van der Waals surface area contributed by atoms with E-state index in [1.54, 1.807) is 55.6 Å². The molecule has 0 saturated carbocycles. The summed E-state index contributed by atoms with van der Waals surface area (Å²) in [5.74, 6) is -1.34. The Balaban J connectivity index is 1.61. The number of anilines is 1. The van der Waals surface area contributed by atoms with Crippen LogP contribution in [0.5, 0.6) is 0 Å². The highest BCUT2D eigenvalue weighted by atomic mass is 16.2. The fraction of sp³-hybridized carbons (Fsp3) is 0.100. The number of carbonyl (C=O) groups is 3. The largest absolute Gasteiger partial charge is 0.324 e. The van der Waals surface area contributed by atoms with Crippen LogP contribution in [0.4, 0.5) is 5.69 Å². The first kappa shape index (κ1) is 16.0. The first-order valence-electron chi connectivity index (χ1n) is 8.19. The standard InChI is InChI=1S/C20H15N3O3/c1-12(23-19(25)13-6-2-3-7-14(13)20(23)26)18(24)22-17-10-4-9-16-15(17)8-5-11-21-16/h2-12H,1H3,(H,22,24)/t12-/m0/s1. The van der Waals surface area contributed by atoms with Crippen molar-refractivity contribution >= 4 is 34.3 Å². The van der Waals surface area contributed by atoms with Crippen molar-refractivity contribution in [3.63, 3.8) is 0 Å². The number of carbonyl (C=O) groups excluding carboxylic acids is 3. The van der Waals surface area contributed by atoms with Gasteiger partial charge in [-0.05, 0) is 43.3 Å². The minimum atomic E-state index is -0.936. The summed E-state index contributed by atoms with van der Waals surface area (Å²) in [5, 5.41) is 3.59. The second-order valence-electron chi connectivity index (χ2n) is 6.07. The van der Waals surface area contributed by atoms with Gasteiger partial charge >= 0.3 is 0 Å². The number of aromatic nitrogens is 1. The van der Waals surface area contributed by atoms with E-state index in [-0.39, 0.29) is 0 Å². The van der Waals surface area contributed by atoms with Crippen LogP contribution in [0.1, 0.15) is 27.6 Å². The Bertz CT molecular complexity index is 1020. The van der Waals surface area contributed by atoms with Crippen molar-refractivity contribution in [1.29, 1.82) is 0 Å². The van der Waals surface area contributed by atoms with Crippen LogP contribution in [0, 0.1) is 0 Å². The Labute approximate surface area is 149 Å². The van der Waals surface area contributed by atoms with E-state index in [9.17, 15) is 14.4 Å². The molecule has 0 saturated heterocycles. The maximum Gasteiger partial charge on any atom is 0.262 e. The lowest BCUT2D eigenvalue weighted by Gasteiger charge is -2.22. The molecule has 2 aromatic carbocycles. The highest BCUT2D eigenvalue weighted by Gasteiger charge is 2.40. The molecule has 1 N–H and O–H groups in total. The van der Waals surface area contributed by atoms with Gasteiger partial charge in [0.05, 0.1) is 22.3 Å². The molecule has 26 heavy (non-hydrogen) atoms. The average molecular weight is 345 g/mol. The first-order valence-corrected chi connectivity index (χ1v) is 8.19. The Morgan fingerprint density at radius 3 is 2.35 bits per heavy atom. The molecule has 0 unspecified atom stereocenters. The molecule has 1 aliphatic heterocycles. The van der Waals surface area contributed by atoms with Gasteiger partial charge in [-0.1, -0.05) is 18.2 Å². The van der Waals surface area contributed by atoms with Crippen molar-refractivity contribution in [2.75, 3.05) is 5.32 Å². The van der Waals surface area contributed by atoms with Crippen molar-refractivity contribution in [1.82, 2.24) is 9.88 Å². The highest BCUT2D eigenvalue weighted by Crippen LogP contribution is 2.26. The van der Waals surface area contributed by atoms with Gasteiger partial charge in [0, 0.05) is 11.6 Å². The van der Waals surface area contributed by atoms with Gasteiger partial charge in [-0.3, -0.25) is 24.3 Å². The van der Waals surface area contributed by atoms with Gasteiger partial charge in [0.1, 0.15) is 6.04 Å². The van der Waals surface area contributed by atoms with Gasteiger partial charge in [0.2, 0.25) is 5.91 Å². The predicted octanol–water partition coefficient (Wildman–Crippen LogP) is 2.86. The number of imide groups is 1. The van der Waals surface area contributed by atoms with E-state index in [0.717, 1.165) is 15.8 Å². The molecule has 3 amide bonds. The number of hydrogen-bond donors (Lipinski definition) is 1. The number of hydrogen-bond acceptors (Lipinski definition) is 4. The molecule has 0 radical (unpaired) electrons. The first-order chi connectivity index (χ1) is 12.6. The van der Waals surface area contributed by atoms with Crippen LogP contribution in [-0.4, -0.2) is 33.6 Å². The van der Waals surface area contributed by atoms with E-state index in [4.69, 9.17) is 0 Å². The smallest absolute Gasteiger partial charge is 0.262 e. The molecule has 6 nitrogen and oxygen atoms in total. The molecule has 0 spiro atoms. The van der Waals surface area contributed by atoms with Gasteiger partial charge in [0.15, 0.2) is 0 Å². The lowest BCUT2D eigenvalue weighted by atomic mass is 10.1. The summed E-state index contributed by atoms with van der Waals surface area (Å²) in [6, 6.07) is 14.7. The van der Waals surface area contributed by atoms with E-state index in [2.05, 4.69) is 10.3 Å². The molecule has 4 rings (SSSR count). The average Bonchev–Trinajstić information content (AvgIpc) is 2.92. The summed E-state index contributed by atoms with van der Waals surface area (Å²) in [4.78, 5) is 43.0.